The Morgan fingerprint density at radius 2 is 0.468 bits per heavy atom. The Morgan fingerprint density at radius 3 is 0.848 bits per heavy atom. The molecule has 17 rings (SSSR count). The first-order valence-corrected chi connectivity index (χ1v) is 28.7. The van der Waals surface area contributed by atoms with Crippen LogP contribution in [0.4, 0.5) is 0 Å². The lowest BCUT2D eigenvalue weighted by atomic mass is 9.85. The van der Waals surface area contributed by atoms with E-state index >= 15 is 0 Å². The van der Waals surface area contributed by atoms with Crippen molar-refractivity contribution < 1.29 is 4.42 Å². The number of hydrogen-bond acceptors (Lipinski definition) is 3. The Bertz CT molecular complexity index is 5250. The van der Waals surface area contributed by atoms with E-state index in [0.29, 0.717) is 0 Å². The molecule has 0 amide bonds. The van der Waals surface area contributed by atoms with E-state index in [1.165, 1.54) is 145 Å². The molecule has 0 aliphatic carbocycles. The fourth-order valence-corrected chi connectivity index (χ4v) is 15.2. The standard InChI is InChI=1S/C76H44OS2/c1-3-15-45(16-4-1)47-29-35-69-63(39-47)65-42-50(31-37-71(65)78-69)74-56-21-9-7-19-54(56)73(55-20-8-10-22-57(55)74)49-28-34-67-62(41-49)53-33-27-52(44-68(53)77-67)76-60-25-13-11-23-58(60)75(59-24-12-14-26-61(59)76)51-32-38-72-66(43-51)64-40-48(30-36-70(64)79-72)46-17-5-2-6-18-46/h1-44H. The fraction of sp³-hybridized carbons (Fsp3) is 0. The molecule has 0 aliphatic rings. The largest absolute Gasteiger partial charge is 0.456 e. The molecule has 3 heterocycles. The predicted octanol–water partition coefficient (Wildman–Crippen LogP) is 22.9. The Kier molecular flexibility index (Phi) is 9.82. The third-order valence-corrected chi connectivity index (χ3v) is 18.9. The van der Waals surface area contributed by atoms with E-state index in [0.717, 1.165) is 27.5 Å². The fourth-order valence-electron chi connectivity index (χ4n) is 13.1. The van der Waals surface area contributed by atoms with Crippen LogP contribution in [0.2, 0.25) is 0 Å². The molecule has 0 atom stereocenters. The lowest BCUT2D eigenvalue weighted by Gasteiger charge is -2.18. The van der Waals surface area contributed by atoms with Crippen molar-refractivity contribution in [3.05, 3.63) is 267 Å². The maximum absolute atomic E-state index is 6.87. The van der Waals surface area contributed by atoms with Gasteiger partial charge in [0.15, 0.2) is 0 Å². The van der Waals surface area contributed by atoms with Crippen LogP contribution < -0.4 is 0 Å². The van der Waals surface area contributed by atoms with Crippen molar-refractivity contribution in [1.29, 1.82) is 0 Å². The number of rotatable bonds is 6. The molecule has 1 nitrogen and oxygen atoms in total. The molecule has 0 unspecified atom stereocenters. The van der Waals surface area contributed by atoms with Gasteiger partial charge in [0.25, 0.3) is 0 Å². The molecule has 3 heteroatoms. The molecule has 0 aliphatic heterocycles. The van der Waals surface area contributed by atoms with E-state index in [-0.39, 0.29) is 0 Å². The van der Waals surface area contributed by atoms with Gasteiger partial charge in [0.1, 0.15) is 11.2 Å². The van der Waals surface area contributed by atoms with Gasteiger partial charge in [-0.3, -0.25) is 0 Å². The van der Waals surface area contributed by atoms with Crippen LogP contribution in [-0.2, 0) is 0 Å². The first-order chi connectivity index (χ1) is 39.1. The monoisotopic (exact) mass is 1040 g/mol. The van der Waals surface area contributed by atoms with E-state index < -0.39 is 0 Å². The maximum atomic E-state index is 6.87. The highest BCUT2D eigenvalue weighted by Crippen LogP contribution is 2.49. The van der Waals surface area contributed by atoms with Crippen LogP contribution in [0.15, 0.2) is 271 Å². The van der Waals surface area contributed by atoms with Gasteiger partial charge in [-0.2, -0.15) is 0 Å². The van der Waals surface area contributed by atoms with E-state index in [4.69, 9.17) is 4.42 Å². The van der Waals surface area contributed by atoms with Crippen molar-refractivity contribution in [3.63, 3.8) is 0 Å². The third-order valence-electron chi connectivity index (χ3n) is 16.6. The van der Waals surface area contributed by atoms with Gasteiger partial charge >= 0.3 is 0 Å². The second kappa shape index (κ2) is 17.4. The number of thiophene rings is 2. The summed E-state index contributed by atoms with van der Waals surface area (Å²) >= 11 is 3.74. The van der Waals surface area contributed by atoms with Crippen molar-refractivity contribution in [2.45, 2.75) is 0 Å². The number of benzene rings is 14. The summed E-state index contributed by atoms with van der Waals surface area (Å²) in [4.78, 5) is 0. The van der Waals surface area contributed by atoms with Gasteiger partial charge in [0.05, 0.1) is 0 Å². The minimum absolute atomic E-state index is 0.879. The Balaban J connectivity index is 0.794. The van der Waals surface area contributed by atoms with Crippen LogP contribution in [0.25, 0.3) is 172 Å². The molecular formula is C76H44OS2. The molecule has 0 fully saturated rings. The Hall–Kier alpha value is -9.64. The van der Waals surface area contributed by atoms with Crippen molar-refractivity contribution >= 4 is 128 Å². The molecule has 0 N–H and O–H groups in total. The summed E-state index contributed by atoms with van der Waals surface area (Å²) < 4.78 is 12.1. The van der Waals surface area contributed by atoms with Crippen LogP contribution in [0.5, 0.6) is 0 Å². The minimum Gasteiger partial charge on any atom is -0.456 e. The van der Waals surface area contributed by atoms with Crippen LogP contribution >= 0.6 is 22.7 Å². The number of hydrogen-bond donors (Lipinski definition) is 0. The van der Waals surface area contributed by atoms with Crippen LogP contribution in [-0.4, -0.2) is 0 Å². The first-order valence-electron chi connectivity index (χ1n) is 27.0. The highest BCUT2D eigenvalue weighted by molar-refractivity contribution is 7.26. The minimum atomic E-state index is 0.879. The molecule has 0 bridgehead atoms. The molecule has 0 saturated heterocycles. The second-order valence-electron chi connectivity index (χ2n) is 21.0. The number of furan rings is 1. The lowest BCUT2D eigenvalue weighted by molar-refractivity contribution is 0.669. The lowest BCUT2D eigenvalue weighted by Crippen LogP contribution is -1.91. The molecule has 0 spiro atoms. The highest BCUT2D eigenvalue weighted by atomic mass is 32.1. The van der Waals surface area contributed by atoms with Gasteiger partial charge < -0.3 is 4.42 Å². The topological polar surface area (TPSA) is 13.1 Å². The zero-order valence-corrected chi connectivity index (χ0v) is 44.3. The normalized spacial score (nSPS) is 12.1. The zero-order valence-electron chi connectivity index (χ0n) is 42.6. The second-order valence-corrected chi connectivity index (χ2v) is 23.2. The Labute approximate surface area is 463 Å². The van der Waals surface area contributed by atoms with E-state index in [9.17, 15) is 0 Å². The molecule has 0 saturated carbocycles. The molecule has 0 radical (unpaired) electrons. The first kappa shape index (κ1) is 44.5. The quantitative estimate of drug-likeness (QED) is 0.151. The van der Waals surface area contributed by atoms with Gasteiger partial charge in [0.2, 0.25) is 0 Å². The zero-order chi connectivity index (χ0) is 51.7. The Morgan fingerprint density at radius 1 is 0.177 bits per heavy atom. The SMILES string of the molecule is c1ccc(-c2ccc3sc4ccc(-c5c6ccccc6c(-c6ccc7c(c6)oc6ccc(-c8c9ccccc9c(-c9ccc%10sc%11ccc(-c%12ccccc%12)cc%11c%10c9)c9ccccc89)cc67)c6ccccc56)cc4c3c2)cc1. The third kappa shape index (κ3) is 6.93. The summed E-state index contributed by atoms with van der Waals surface area (Å²) in [6.45, 7) is 0. The molecule has 17 aromatic rings. The summed E-state index contributed by atoms with van der Waals surface area (Å²) in [5.74, 6) is 0. The van der Waals surface area contributed by atoms with Gasteiger partial charge in [-0.25, -0.2) is 0 Å². The summed E-state index contributed by atoms with van der Waals surface area (Å²) in [6.07, 6.45) is 0. The molecule has 79 heavy (non-hydrogen) atoms. The van der Waals surface area contributed by atoms with Crippen molar-refractivity contribution in [1.82, 2.24) is 0 Å². The van der Waals surface area contributed by atoms with Gasteiger partial charge in [-0.1, -0.05) is 194 Å². The van der Waals surface area contributed by atoms with Crippen LogP contribution in [0, 0.1) is 0 Å². The van der Waals surface area contributed by atoms with Crippen molar-refractivity contribution in [2.24, 2.45) is 0 Å². The summed E-state index contributed by atoms with van der Waals surface area (Å²) in [5.41, 5.74) is 16.4. The molecule has 14 aromatic carbocycles. The van der Waals surface area contributed by atoms with Crippen molar-refractivity contribution in [3.8, 4) is 66.8 Å². The molecule has 366 valence electrons. The van der Waals surface area contributed by atoms with E-state index in [2.05, 4.69) is 267 Å². The summed E-state index contributed by atoms with van der Waals surface area (Å²) in [7, 11) is 0. The molecular weight excluding hydrogens is 993 g/mol. The van der Waals surface area contributed by atoms with Crippen LogP contribution in [0.1, 0.15) is 0 Å². The average molecular weight is 1040 g/mol. The van der Waals surface area contributed by atoms with Gasteiger partial charge in [0, 0.05) is 51.1 Å². The smallest absolute Gasteiger partial charge is 0.136 e. The highest BCUT2D eigenvalue weighted by Gasteiger charge is 2.22. The maximum Gasteiger partial charge on any atom is 0.136 e. The van der Waals surface area contributed by atoms with E-state index in [1.807, 2.05) is 22.7 Å². The van der Waals surface area contributed by atoms with Crippen LogP contribution in [0.3, 0.4) is 0 Å². The van der Waals surface area contributed by atoms with E-state index in [1.54, 1.807) is 0 Å². The van der Waals surface area contributed by atoms with Gasteiger partial charge in [-0.05, 0) is 183 Å². The summed E-state index contributed by atoms with van der Waals surface area (Å²) in [5, 5.41) is 17.3. The van der Waals surface area contributed by atoms with Gasteiger partial charge in [-0.15, -0.1) is 22.7 Å². The number of fused-ring (bicyclic) bond motifs is 13. The summed E-state index contributed by atoms with van der Waals surface area (Å²) in [6, 6.07) is 99.0. The predicted molar refractivity (Wildman–Crippen MR) is 342 cm³/mol. The average Bonchev–Trinajstić information content (AvgIpc) is 4.38. The molecule has 3 aromatic heterocycles. The van der Waals surface area contributed by atoms with Crippen molar-refractivity contribution in [2.75, 3.05) is 0 Å².